The predicted octanol–water partition coefficient (Wildman–Crippen LogP) is 3.85. The average Bonchev–Trinajstić information content (AvgIpc) is 3.04. The quantitative estimate of drug-likeness (QED) is 0.217. The molecule has 3 N–H and O–H groups in total. The summed E-state index contributed by atoms with van der Waals surface area (Å²) >= 11 is 0. The highest BCUT2D eigenvalue weighted by atomic mass is 127. The SMILES string of the molecule is CN=C(NCCCc1cc2c(OC)cc(OC)cc2[nH]1)NCCC(F)(F)F.I. The average molecular weight is 514 g/mol. The molecule has 0 aliphatic heterocycles. The van der Waals surface area contributed by atoms with E-state index in [0.717, 1.165) is 35.2 Å². The minimum Gasteiger partial charge on any atom is -0.497 e. The highest BCUT2D eigenvalue weighted by Crippen LogP contribution is 2.31. The van der Waals surface area contributed by atoms with Gasteiger partial charge in [0.15, 0.2) is 5.96 Å². The fraction of sp³-hybridized carbons (Fsp3) is 0.500. The molecule has 158 valence electrons. The van der Waals surface area contributed by atoms with Crippen molar-refractivity contribution in [1.29, 1.82) is 0 Å². The van der Waals surface area contributed by atoms with Crippen LogP contribution in [-0.4, -0.2) is 51.5 Å². The maximum absolute atomic E-state index is 12.2. The Morgan fingerprint density at radius 3 is 2.43 bits per heavy atom. The third kappa shape index (κ3) is 7.28. The fourth-order valence-corrected chi connectivity index (χ4v) is 2.69. The van der Waals surface area contributed by atoms with Gasteiger partial charge >= 0.3 is 6.18 Å². The summed E-state index contributed by atoms with van der Waals surface area (Å²) in [5.74, 6) is 1.81. The Hall–Kier alpha value is -1.85. The zero-order valence-electron chi connectivity index (χ0n) is 16.1. The number of aliphatic imine (C=N–C) groups is 1. The number of halogens is 4. The smallest absolute Gasteiger partial charge is 0.390 e. The first kappa shape index (κ1) is 24.2. The van der Waals surface area contributed by atoms with Gasteiger partial charge < -0.3 is 25.1 Å². The summed E-state index contributed by atoms with van der Waals surface area (Å²) in [6.45, 7) is 0.383. The predicted molar refractivity (Wildman–Crippen MR) is 115 cm³/mol. The van der Waals surface area contributed by atoms with Gasteiger partial charge in [-0.1, -0.05) is 0 Å². The largest absolute Gasteiger partial charge is 0.497 e. The number of benzene rings is 1. The molecule has 1 aromatic carbocycles. The molecule has 0 bridgehead atoms. The highest BCUT2D eigenvalue weighted by Gasteiger charge is 2.26. The Labute approximate surface area is 179 Å². The zero-order valence-corrected chi connectivity index (χ0v) is 18.4. The maximum Gasteiger partial charge on any atom is 0.390 e. The van der Waals surface area contributed by atoms with Gasteiger partial charge in [0.1, 0.15) is 11.5 Å². The Kier molecular flexibility index (Phi) is 9.70. The van der Waals surface area contributed by atoms with Crippen LogP contribution >= 0.6 is 24.0 Å². The molecule has 0 atom stereocenters. The molecule has 0 saturated carbocycles. The van der Waals surface area contributed by atoms with Gasteiger partial charge in [-0.2, -0.15) is 13.2 Å². The second-order valence-electron chi connectivity index (χ2n) is 5.98. The van der Waals surface area contributed by atoms with Crippen LogP contribution in [-0.2, 0) is 6.42 Å². The topological polar surface area (TPSA) is 70.7 Å². The van der Waals surface area contributed by atoms with Crippen molar-refractivity contribution in [2.24, 2.45) is 4.99 Å². The van der Waals surface area contributed by atoms with Crippen LogP contribution in [0.3, 0.4) is 0 Å². The molecule has 10 heteroatoms. The molecule has 0 radical (unpaired) electrons. The number of methoxy groups -OCH3 is 2. The normalized spacial score (nSPS) is 11.9. The number of aromatic amines is 1. The number of guanidine groups is 1. The molecule has 0 fully saturated rings. The molecule has 28 heavy (non-hydrogen) atoms. The number of hydrogen-bond donors (Lipinski definition) is 3. The van der Waals surface area contributed by atoms with Crippen molar-refractivity contribution in [2.75, 3.05) is 34.4 Å². The number of fused-ring (bicyclic) bond motifs is 1. The van der Waals surface area contributed by atoms with E-state index in [4.69, 9.17) is 9.47 Å². The van der Waals surface area contributed by atoms with Crippen molar-refractivity contribution in [3.05, 3.63) is 23.9 Å². The van der Waals surface area contributed by atoms with Gasteiger partial charge in [-0.15, -0.1) is 24.0 Å². The van der Waals surface area contributed by atoms with Crippen molar-refractivity contribution in [1.82, 2.24) is 15.6 Å². The Morgan fingerprint density at radius 1 is 1.11 bits per heavy atom. The molecule has 6 nitrogen and oxygen atoms in total. The summed E-state index contributed by atoms with van der Waals surface area (Å²) in [6.07, 6.45) is -3.52. The lowest BCUT2D eigenvalue weighted by Gasteiger charge is -2.12. The second-order valence-corrected chi connectivity index (χ2v) is 5.98. The van der Waals surface area contributed by atoms with Crippen LogP contribution in [0.5, 0.6) is 11.5 Å². The first-order chi connectivity index (χ1) is 12.9. The van der Waals surface area contributed by atoms with E-state index >= 15 is 0 Å². The Bertz CT molecular complexity index is 778. The van der Waals surface area contributed by atoms with E-state index in [-0.39, 0.29) is 30.5 Å². The van der Waals surface area contributed by atoms with Crippen molar-refractivity contribution < 1.29 is 22.6 Å². The lowest BCUT2D eigenvalue weighted by molar-refractivity contribution is -0.132. The monoisotopic (exact) mass is 514 g/mol. The van der Waals surface area contributed by atoms with E-state index in [1.54, 1.807) is 14.2 Å². The summed E-state index contributed by atoms with van der Waals surface area (Å²) in [5, 5.41) is 6.65. The van der Waals surface area contributed by atoms with Gasteiger partial charge in [0, 0.05) is 43.4 Å². The molecule has 1 heterocycles. The third-order valence-electron chi connectivity index (χ3n) is 4.02. The summed E-state index contributed by atoms with van der Waals surface area (Å²) in [6, 6.07) is 5.77. The number of aromatic nitrogens is 1. The summed E-state index contributed by atoms with van der Waals surface area (Å²) in [4.78, 5) is 7.26. The fourth-order valence-electron chi connectivity index (χ4n) is 2.69. The van der Waals surface area contributed by atoms with E-state index in [1.807, 2.05) is 18.2 Å². The van der Waals surface area contributed by atoms with E-state index in [1.165, 1.54) is 7.05 Å². The van der Waals surface area contributed by atoms with Crippen molar-refractivity contribution in [2.45, 2.75) is 25.4 Å². The van der Waals surface area contributed by atoms with Gasteiger partial charge in [-0.25, -0.2) is 0 Å². The van der Waals surface area contributed by atoms with Gasteiger partial charge in [-0.3, -0.25) is 4.99 Å². The first-order valence-corrected chi connectivity index (χ1v) is 8.61. The molecular formula is C18H26F3IN4O2. The van der Waals surface area contributed by atoms with E-state index in [0.29, 0.717) is 18.3 Å². The standard InChI is InChI=1S/C18H25F3N4O2.HI/c1-22-17(24-8-6-18(19,20)21)23-7-4-5-12-9-14-15(25-12)10-13(26-2)11-16(14)27-3;/h9-11,25H,4-8H2,1-3H3,(H2,22,23,24);1H. The maximum atomic E-state index is 12.2. The molecule has 0 amide bonds. The molecule has 0 spiro atoms. The minimum absolute atomic E-state index is 0. The number of hydrogen-bond acceptors (Lipinski definition) is 3. The summed E-state index contributed by atoms with van der Waals surface area (Å²) in [7, 11) is 4.74. The van der Waals surface area contributed by atoms with Gasteiger partial charge in [0.05, 0.1) is 26.2 Å². The molecule has 2 aromatic rings. The lowest BCUT2D eigenvalue weighted by atomic mass is 10.2. The van der Waals surface area contributed by atoms with Crippen LogP contribution in [0.2, 0.25) is 0 Å². The molecule has 0 saturated heterocycles. The Morgan fingerprint density at radius 2 is 1.82 bits per heavy atom. The van der Waals surface area contributed by atoms with Crippen LogP contribution in [0.1, 0.15) is 18.5 Å². The van der Waals surface area contributed by atoms with Crippen LogP contribution < -0.4 is 20.1 Å². The van der Waals surface area contributed by atoms with Gasteiger partial charge in [0.2, 0.25) is 0 Å². The number of nitrogens with zero attached hydrogens (tertiary/aromatic N) is 1. The second kappa shape index (κ2) is 11.2. The number of ether oxygens (including phenoxy) is 2. The molecule has 0 aliphatic carbocycles. The molecular weight excluding hydrogens is 488 g/mol. The van der Waals surface area contributed by atoms with Crippen molar-refractivity contribution in [3.8, 4) is 11.5 Å². The van der Waals surface area contributed by atoms with E-state index in [2.05, 4.69) is 20.6 Å². The van der Waals surface area contributed by atoms with Crippen molar-refractivity contribution >= 4 is 40.8 Å². The number of nitrogens with one attached hydrogen (secondary N) is 3. The number of rotatable bonds is 8. The third-order valence-corrected chi connectivity index (χ3v) is 4.02. The molecule has 2 rings (SSSR count). The molecule has 0 aliphatic rings. The highest BCUT2D eigenvalue weighted by molar-refractivity contribution is 14.0. The van der Waals surface area contributed by atoms with Crippen molar-refractivity contribution in [3.63, 3.8) is 0 Å². The molecule has 1 aromatic heterocycles. The van der Waals surface area contributed by atoms with Crippen LogP contribution in [0.25, 0.3) is 10.9 Å². The minimum atomic E-state index is -4.18. The van der Waals surface area contributed by atoms with Gasteiger partial charge in [-0.05, 0) is 18.9 Å². The first-order valence-electron chi connectivity index (χ1n) is 8.61. The van der Waals surface area contributed by atoms with Gasteiger partial charge in [0.25, 0.3) is 0 Å². The van der Waals surface area contributed by atoms with Crippen LogP contribution in [0, 0.1) is 0 Å². The van der Waals surface area contributed by atoms with Crippen LogP contribution in [0.4, 0.5) is 13.2 Å². The van der Waals surface area contributed by atoms with E-state index < -0.39 is 12.6 Å². The summed E-state index contributed by atoms with van der Waals surface area (Å²) in [5.41, 5.74) is 1.97. The van der Waals surface area contributed by atoms with Crippen LogP contribution in [0.15, 0.2) is 23.2 Å². The zero-order chi connectivity index (χ0) is 19.9. The Balaban J connectivity index is 0.00000392. The number of aryl methyl sites for hydroxylation is 1. The number of H-pyrrole nitrogens is 1. The molecule has 0 unspecified atom stereocenters. The number of alkyl halides is 3. The summed E-state index contributed by atoms with van der Waals surface area (Å²) < 4.78 is 47.2. The lowest BCUT2D eigenvalue weighted by Crippen LogP contribution is -2.39. The van der Waals surface area contributed by atoms with E-state index in [9.17, 15) is 13.2 Å².